The maximum atomic E-state index is 11.7. The van der Waals surface area contributed by atoms with Crippen molar-refractivity contribution in [2.45, 2.75) is 19.4 Å². The number of hydrogen-bond acceptors (Lipinski definition) is 4. The Kier molecular flexibility index (Phi) is 4.50. The van der Waals surface area contributed by atoms with Crippen LogP contribution < -0.4 is 5.73 Å². The number of nitrogens with zero attached hydrogens (tertiary/aromatic N) is 2. The van der Waals surface area contributed by atoms with Crippen LogP contribution in [0.1, 0.15) is 35.0 Å². The number of aromatic nitrogens is 1. The van der Waals surface area contributed by atoms with Gasteiger partial charge in [0.2, 0.25) is 5.91 Å². The quantitative estimate of drug-likeness (QED) is 0.691. The number of carbonyl (C=O) groups is 1. The second kappa shape index (κ2) is 6.83. The minimum absolute atomic E-state index is 0.0143. The van der Waals surface area contributed by atoms with Crippen LogP contribution in [0.2, 0.25) is 10.0 Å². The second-order valence-corrected chi connectivity index (χ2v) is 7.24. The third kappa shape index (κ3) is 3.24. The molecular weight excluding hydrogens is 385 g/mol. The molecule has 7 heteroatoms. The molecule has 1 aliphatic rings. The summed E-state index contributed by atoms with van der Waals surface area (Å²) in [6.07, 6.45) is 0.0143. The van der Waals surface area contributed by atoms with Crippen molar-refractivity contribution in [3.05, 3.63) is 75.1 Å². The predicted octanol–water partition coefficient (Wildman–Crippen LogP) is 4.72. The molecule has 5 nitrogen and oxygen atoms in total. The lowest BCUT2D eigenvalue weighted by molar-refractivity contribution is -0.118. The first-order chi connectivity index (χ1) is 12.9. The molecule has 1 atom stereocenters. The molecule has 1 aromatic heterocycles. The Hall–Kier alpha value is -2.63. The van der Waals surface area contributed by atoms with Crippen LogP contribution in [0, 0.1) is 6.92 Å². The number of aliphatic imine (C=N–C) groups is 1. The van der Waals surface area contributed by atoms with Gasteiger partial charge >= 0.3 is 0 Å². The van der Waals surface area contributed by atoms with Crippen molar-refractivity contribution in [2.75, 3.05) is 0 Å². The van der Waals surface area contributed by atoms with Gasteiger partial charge in [-0.15, -0.1) is 0 Å². The average Bonchev–Trinajstić information content (AvgIpc) is 2.94. The van der Waals surface area contributed by atoms with Gasteiger partial charge < -0.3 is 10.3 Å². The van der Waals surface area contributed by atoms with Gasteiger partial charge in [-0.05, 0) is 36.8 Å². The molecule has 2 N–H and O–H groups in total. The van der Waals surface area contributed by atoms with Crippen molar-refractivity contribution < 1.29 is 9.32 Å². The molecule has 0 spiro atoms. The van der Waals surface area contributed by atoms with Crippen LogP contribution in [0.4, 0.5) is 0 Å². The molecule has 0 radical (unpaired) electrons. The Labute approximate surface area is 165 Å². The molecule has 136 valence electrons. The number of aryl methyl sites for hydroxylation is 1. The molecule has 0 aliphatic carbocycles. The molecule has 0 saturated heterocycles. The van der Waals surface area contributed by atoms with Crippen molar-refractivity contribution in [3.63, 3.8) is 0 Å². The highest BCUT2D eigenvalue weighted by molar-refractivity contribution is 6.32. The Morgan fingerprint density at radius 3 is 2.52 bits per heavy atom. The summed E-state index contributed by atoms with van der Waals surface area (Å²) in [5.41, 5.74) is 10.3. The molecule has 0 unspecified atom stereocenters. The highest BCUT2D eigenvalue weighted by atomic mass is 35.5. The van der Waals surface area contributed by atoms with Gasteiger partial charge in [-0.1, -0.05) is 46.6 Å². The van der Waals surface area contributed by atoms with E-state index in [0.717, 1.165) is 27.9 Å². The number of rotatable bonds is 3. The van der Waals surface area contributed by atoms with E-state index in [1.165, 1.54) is 0 Å². The van der Waals surface area contributed by atoms with Crippen LogP contribution in [0.25, 0.3) is 11.1 Å². The largest absolute Gasteiger partial charge is 0.370 e. The van der Waals surface area contributed by atoms with E-state index in [1.807, 2.05) is 37.3 Å². The zero-order valence-electron chi connectivity index (χ0n) is 14.4. The number of amides is 1. The van der Waals surface area contributed by atoms with E-state index in [-0.39, 0.29) is 6.42 Å². The summed E-state index contributed by atoms with van der Waals surface area (Å²) in [5, 5.41) is 5.29. The number of benzene rings is 2. The van der Waals surface area contributed by atoms with Crippen LogP contribution >= 0.6 is 23.2 Å². The summed E-state index contributed by atoms with van der Waals surface area (Å²) in [6, 6.07) is 12.4. The second-order valence-electron chi connectivity index (χ2n) is 6.37. The van der Waals surface area contributed by atoms with Crippen LogP contribution in [0.3, 0.4) is 0 Å². The van der Waals surface area contributed by atoms with E-state index in [4.69, 9.17) is 38.5 Å². The molecule has 0 fully saturated rings. The maximum Gasteiger partial charge on any atom is 0.220 e. The van der Waals surface area contributed by atoms with Gasteiger partial charge in [0.15, 0.2) is 5.76 Å². The first kappa shape index (κ1) is 17.8. The van der Waals surface area contributed by atoms with E-state index in [0.29, 0.717) is 21.5 Å². The third-order valence-electron chi connectivity index (χ3n) is 4.49. The first-order valence-corrected chi connectivity index (χ1v) is 9.08. The number of nitrogens with two attached hydrogens (primary N) is 1. The van der Waals surface area contributed by atoms with Crippen LogP contribution in [-0.4, -0.2) is 16.8 Å². The van der Waals surface area contributed by atoms with E-state index in [2.05, 4.69) is 5.16 Å². The Balaban J connectivity index is 2.02. The molecule has 1 amide bonds. The minimum atomic E-state index is -0.574. The van der Waals surface area contributed by atoms with Gasteiger partial charge in [-0.3, -0.25) is 9.79 Å². The van der Waals surface area contributed by atoms with E-state index >= 15 is 0 Å². The number of fused-ring (bicyclic) bond motifs is 3. The summed E-state index contributed by atoms with van der Waals surface area (Å²) < 4.78 is 5.55. The molecule has 0 bridgehead atoms. The SMILES string of the molecule is Cc1noc2c1-c1ccc(Cl)cc1C(c1ccc(Cl)cc1)=N[C@@H]2CC(N)=O. The summed E-state index contributed by atoms with van der Waals surface area (Å²) in [6.45, 7) is 1.86. The normalized spacial score (nSPS) is 15.5. The van der Waals surface area contributed by atoms with Gasteiger partial charge in [-0.25, -0.2) is 0 Å². The molecule has 2 aromatic carbocycles. The van der Waals surface area contributed by atoms with Crippen LogP contribution in [-0.2, 0) is 4.79 Å². The highest BCUT2D eigenvalue weighted by Crippen LogP contribution is 2.41. The lowest BCUT2D eigenvalue weighted by Gasteiger charge is -2.12. The number of carbonyl (C=O) groups excluding carboxylic acids is 1. The van der Waals surface area contributed by atoms with Gasteiger partial charge in [0.05, 0.1) is 23.4 Å². The van der Waals surface area contributed by atoms with E-state index in [1.54, 1.807) is 12.1 Å². The van der Waals surface area contributed by atoms with Crippen LogP contribution in [0.5, 0.6) is 0 Å². The lowest BCUT2D eigenvalue weighted by atomic mass is 9.93. The van der Waals surface area contributed by atoms with E-state index < -0.39 is 11.9 Å². The molecule has 1 aliphatic heterocycles. The molecule has 27 heavy (non-hydrogen) atoms. The molecule has 3 aromatic rings. The number of halogens is 2. The summed E-state index contributed by atoms with van der Waals surface area (Å²) in [5.74, 6) is 0.0574. The molecule has 2 heterocycles. The fourth-order valence-electron chi connectivity index (χ4n) is 3.32. The zero-order chi connectivity index (χ0) is 19.1. The summed E-state index contributed by atoms with van der Waals surface area (Å²) in [4.78, 5) is 16.5. The first-order valence-electron chi connectivity index (χ1n) is 8.32. The average molecular weight is 400 g/mol. The number of hydrogen-bond donors (Lipinski definition) is 1. The lowest BCUT2D eigenvalue weighted by Crippen LogP contribution is -2.15. The predicted molar refractivity (Wildman–Crippen MR) is 105 cm³/mol. The Morgan fingerprint density at radius 1 is 1.11 bits per heavy atom. The Morgan fingerprint density at radius 2 is 1.81 bits per heavy atom. The molecular formula is C20H15Cl2N3O2. The molecule has 4 rings (SSSR count). The van der Waals surface area contributed by atoms with Crippen molar-refractivity contribution in [1.29, 1.82) is 0 Å². The smallest absolute Gasteiger partial charge is 0.220 e. The number of primary amides is 1. The van der Waals surface area contributed by atoms with Gasteiger partial charge in [0, 0.05) is 21.2 Å². The van der Waals surface area contributed by atoms with Crippen molar-refractivity contribution in [2.24, 2.45) is 10.7 Å². The standard InChI is InChI=1S/C20H15Cl2N3O2/c1-10-18-14-7-6-13(22)8-15(14)19(11-2-4-12(21)5-3-11)24-16(9-17(23)26)20(18)27-25-10/h2-8,16H,9H2,1H3,(H2,23,26)/t16-/m1/s1. The van der Waals surface area contributed by atoms with Crippen LogP contribution in [0.15, 0.2) is 52.0 Å². The van der Waals surface area contributed by atoms with Gasteiger partial charge in [-0.2, -0.15) is 0 Å². The maximum absolute atomic E-state index is 11.7. The van der Waals surface area contributed by atoms with Gasteiger partial charge in [0.1, 0.15) is 6.04 Å². The van der Waals surface area contributed by atoms with E-state index in [9.17, 15) is 4.79 Å². The Bertz CT molecular complexity index is 1070. The summed E-state index contributed by atoms with van der Waals surface area (Å²) in [7, 11) is 0. The van der Waals surface area contributed by atoms with Crippen molar-refractivity contribution in [3.8, 4) is 11.1 Å². The fourth-order valence-corrected chi connectivity index (χ4v) is 3.62. The minimum Gasteiger partial charge on any atom is -0.370 e. The van der Waals surface area contributed by atoms with Crippen molar-refractivity contribution >= 4 is 34.8 Å². The summed E-state index contributed by atoms with van der Waals surface area (Å²) >= 11 is 12.3. The topological polar surface area (TPSA) is 81.5 Å². The monoisotopic (exact) mass is 399 g/mol. The zero-order valence-corrected chi connectivity index (χ0v) is 15.9. The fraction of sp³-hybridized carbons (Fsp3) is 0.150. The van der Waals surface area contributed by atoms with Gasteiger partial charge in [0.25, 0.3) is 0 Å². The third-order valence-corrected chi connectivity index (χ3v) is 4.98. The van der Waals surface area contributed by atoms with Crippen molar-refractivity contribution in [1.82, 2.24) is 5.16 Å². The molecule has 0 saturated carbocycles. The highest BCUT2D eigenvalue weighted by Gasteiger charge is 2.31.